The molecule has 0 aromatic carbocycles. The van der Waals surface area contributed by atoms with Crippen LogP contribution in [0.2, 0.25) is 0 Å². The van der Waals surface area contributed by atoms with Crippen LogP contribution in [0.15, 0.2) is 21.5 Å². The first kappa shape index (κ1) is 13.5. The van der Waals surface area contributed by atoms with Gasteiger partial charge in [0.1, 0.15) is 0 Å². The van der Waals surface area contributed by atoms with E-state index in [0.717, 1.165) is 11.2 Å². The van der Waals surface area contributed by atoms with Crippen LogP contribution in [0.3, 0.4) is 0 Å². The van der Waals surface area contributed by atoms with Crippen molar-refractivity contribution in [2.75, 3.05) is 0 Å². The second kappa shape index (κ2) is 5.40. The SMILES string of the molecule is C/C=C(/C=O)SC(=C(C)C)C(C)(C)C. The maximum atomic E-state index is 10.7. The van der Waals surface area contributed by atoms with Gasteiger partial charge in [0.15, 0.2) is 6.29 Å². The number of rotatable bonds is 3. The molecule has 0 spiro atoms. The van der Waals surface area contributed by atoms with E-state index in [1.165, 1.54) is 10.5 Å². The summed E-state index contributed by atoms with van der Waals surface area (Å²) >= 11 is 1.58. The zero-order chi connectivity index (χ0) is 11.4. The molecule has 0 aromatic rings. The summed E-state index contributed by atoms with van der Waals surface area (Å²) in [4.78, 5) is 12.8. The van der Waals surface area contributed by atoms with Gasteiger partial charge in [-0.2, -0.15) is 0 Å². The van der Waals surface area contributed by atoms with Crippen molar-refractivity contribution < 1.29 is 4.79 Å². The molecular weight excluding hydrogens is 192 g/mol. The molecule has 0 aliphatic carbocycles. The summed E-state index contributed by atoms with van der Waals surface area (Å²) in [5, 5.41) is 0. The molecule has 0 fully saturated rings. The van der Waals surface area contributed by atoms with Crippen LogP contribution in [0, 0.1) is 5.41 Å². The minimum absolute atomic E-state index is 0.112. The van der Waals surface area contributed by atoms with Gasteiger partial charge in [-0.15, -0.1) is 0 Å². The van der Waals surface area contributed by atoms with Crippen molar-refractivity contribution in [2.45, 2.75) is 41.5 Å². The third-order valence-electron chi connectivity index (χ3n) is 1.76. The summed E-state index contributed by atoms with van der Waals surface area (Å²) in [6.07, 6.45) is 2.77. The second-order valence-electron chi connectivity index (χ2n) is 4.49. The highest BCUT2D eigenvalue weighted by atomic mass is 32.2. The number of allylic oxidation sites excluding steroid dienone is 4. The first-order chi connectivity index (χ1) is 6.32. The summed E-state index contributed by atoms with van der Waals surface area (Å²) in [5.74, 6) is 0. The summed E-state index contributed by atoms with van der Waals surface area (Å²) in [5.41, 5.74) is 1.39. The number of aldehydes is 1. The van der Waals surface area contributed by atoms with Gasteiger partial charge in [-0.25, -0.2) is 0 Å². The average Bonchev–Trinajstić information content (AvgIpc) is 2.03. The van der Waals surface area contributed by atoms with Crippen LogP contribution < -0.4 is 0 Å². The number of thioether (sulfide) groups is 1. The number of carbonyl (C=O) groups excluding carboxylic acids is 1. The largest absolute Gasteiger partial charge is 0.297 e. The van der Waals surface area contributed by atoms with Crippen molar-refractivity contribution in [1.29, 1.82) is 0 Å². The summed E-state index contributed by atoms with van der Waals surface area (Å²) in [6, 6.07) is 0. The zero-order valence-corrected chi connectivity index (χ0v) is 10.8. The Kier molecular flexibility index (Phi) is 5.21. The maximum Gasteiger partial charge on any atom is 0.156 e. The minimum atomic E-state index is 0.112. The molecule has 14 heavy (non-hydrogen) atoms. The molecular formula is C12H20OS. The first-order valence-electron chi connectivity index (χ1n) is 4.80. The van der Waals surface area contributed by atoms with Crippen LogP contribution in [-0.2, 0) is 4.79 Å². The fourth-order valence-electron chi connectivity index (χ4n) is 1.27. The second-order valence-corrected chi connectivity index (χ2v) is 5.57. The van der Waals surface area contributed by atoms with Gasteiger partial charge in [-0.3, -0.25) is 4.79 Å². The van der Waals surface area contributed by atoms with Crippen LogP contribution in [0.5, 0.6) is 0 Å². The van der Waals surface area contributed by atoms with Gasteiger partial charge in [0.25, 0.3) is 0 Å². The molecule has 0 N–H and O–H groups in total. The zero-order valence-electron chi connectivity index (χ0n) is 9.97. The van der Waals surface area contributed by atoms with Gasteiger partial charge in [-0.05, 0) is 31.1 Å². The normalized spacial score (nSPS) is 12.6. The highest BCUT2D eigenvalue weighted by molar-refractivity contribution is 8.07. The fraction of sp³-hybridized carbons (Fsp3) is 0.583. The van der Waals surface area contributed by atoms with Crippen molar-refractivity contribution >= 4 is 18.0 Å². The third kappa shape index (κ3) is 4.14. The van der Waals surface area contributed by atoms with E-state index in [9.17, 15) is 4.79 Å². The predicted octanol–water partition coefficient (Wildman–Crippen LogP) is 4.16. The third-order valence-corrected chi connectivity index (χ3v) is 3.55. The van der Waals surface area contributed by atoms with Crippen LogP contribution in [0.1, 0.15) is 41.5 Å². The van der Waals surface area contributed by atoms with E-state index in [4.69, 9.17) is 0 Å². The minimum Gasteiger partial charge on any atom is -0.297 e. The van der Waals surface area contributed by atoms with Crippen LogP contribution in [0.4, 0.5) is 0 Å². The summed E-state index contributed by atoms with van der Waals surface area (Å²) in [7, 11) is 0. The molecule has 0 saturated heterocycles. The van der Waals surface area contributed by atoms with Crippen LogP contribution in [0.25, 0.3) is 0 Å². The van der Waals surface area contributed by atoms with Gasteiger partial charge >= 0.3 is 0 Å². The van der Waals surface area contributed by atoms with Gasteiger partial charge in [0.2, 0.25) is 0 Å². The molecule has 0 radical (unpaired) electrons. The highest BCUT2D eigenvalue weighted by Gasteiger charge is 2.19. The molecule has 0 heterocycles. The topological polar surface area (TPSA) is 17.1 Å². The van der Waals surface area contributed by atoms with E-state index in [-0.39, 0.29) is 5.41 Å². The van der Waals surface area contributed by atoms with Crippen LogP contribution in [-0.4, -0.2) is 6.29 Å². The predicted molar refractivity (Wildman–Crippen MR) is 65.2 cm³/mol. The highest BCUT2D eigenvalue weighted by Crippen LogP contribution is 2.40. The van der Waals surface area contributed by atoms with Crippen LogP contribution >= 0.6 is 11.8 Å². The van der Waals surface area contributed by atoms with Crippen molar-refractivity contribution in [3.8, 4) is 0 Å². The lowest BCUT2D eigenvalue weighted by molar-refractivity contribution is -0.104. The van der Waals surface area contributed by atoms with E-state index >= 15 is 0 Å². The average molecular weight is 212 g/mol. The lowest BCUT2D eigenvalue weighted by Crippen LogP contribution is -2.08. The Labute approximate surface area is 91.7 Å². The van der Waals surface area contributed by atoms with E-state index < -0.39 is 0 Å². The summed E-state index contributed by atoms with van der Waals surface area (Å²) < 4.78 is 0. The van der Waals surface area contributed by atoms with Gasteiger partial charge in [0.05, 0.1) is 0 Å². The first-order valence-corrected chi connectivity index (χ1v) is 5.62. The molecule has 0 aliphatic rings. The lowest BCUT2D eigenvalue weighted by Gasteiger charge is -2.24. The standard InChI is InChI=1S/C12H20OS/c1-7-10(8-13)14-11(9(2)3)12(4,5)6/h7-8H,1-6H3/b10-7-. The Morgan fingerprint density at radius 3 is 1.93 bits per heavy atom. The van der Waals surface area contributed by atoms with E-state index in [2.05, 4.69) is 34.6 Å². The van der Waals surface area contributed by atoms with Crippen molar-refractivity contribution in [3.05, 3.63) is 21.5 Å². The number of carbonyl (C=O) groups is 1. The van der Waals surface area contributed by atoms with E-state index in [1.54, 1.807) is 11.8 Å². The quantitative estimate of drug-likeness (QED) is 0.516. The Morgan fingerprint density at radius 1 is 1.21 bits per heavy atom. The molecule has 0 amide bonds. The van der Waals surface area contributed by atoms with E-state index in [0.29, 0.717) is 0 Å². The van der Waals surface area contributed by atoms with Gasteiger partial charge < -0.3 is 0 Å². The van der Waals surface area contributed by atoms with Gasteiger partial charge in [0, 0.05) is 4.91 Å². The molecule has 0 atom stereocenters. The molecule has 0 bridgehead atoms. The molecule has 0 rings (SSSR count). The molecule has 80 valence electrons. The maximum absolute atomic E-state index is 10.7. The van der Waals surface area contributed by atoms with Gasteiger partial charge in [-0.1, -0.05) is 44.2 Å². The monoisotopic (exact) mass is 212 g/mol. The Hall–Kier alpha value is -0.500. The Balaban J connectivity index is 4.93. The van der Waals surface area contributed by atoms with Crippen molar-refractivity contribution in [1.82, 2.24) is 0 Å². The smallest absolute Gasteiger partial charge is 0.156 e. The molecule has 0 aliphatic heterocycles. The molecule has 0 aromatic heterocycles. The summed E-state index contributed by atoms with van der Waals surface area (Å²) in [6.45, 7) is 12.6. The number of hydrogen-bond donors (Lipinski definition) is 0. The van der Waals surface area contributed by atoms with Crippen molar-refractivity contribution in [3.63, 3.8) is 0 Å². The lowest BCUT2D eigenvalue weighted by atomic mass is 9.94. The van der Waals surface area contributed by atoms with E-state index in [1.807, 2.05) is 13.0 Å². The Morgan fingerprint density at radius 2 is 1.71 bits per heavy atom. The fourth-order valence-corrected chi connectivity index (χ4v) is 2.19. The molecule has 0 saturated carbocycles. The number of hydrogen-bond acceptors (Lipinski definition) is 2. The molecule has 1 nitrogen and oxygen atoms in total. The van der Waals surface area contributed by atoms with Crippen molar-refractivity contribution in [2.24, 2.45) is 5.41 Å². The molecule has 0 unspecified atom stereocenters. The Bertz CT molecular complexity index is 263. The molecule has 2 heteroatoms.